The maximum absolute atomic E-state index is 14.2. The van der Waals surface area contributed by atoms with Gasteiger partial charge in [0.25, 0.3) is 0 Å². The molecule has 1 saturated heterocycles. The van der Waals surface area contributed by atoms with Crippen molar-refractivity contribution in [3.05, 3.63) is 59.6 Å². The summed E-state index contributed by atoms with van der Waals surface area (Å²) < 4.78 is 14.2. The number of nitrogens with one attached hydrogen (secondary N) is 3. The van der Waals surface area contributed by atoms with Crippen molar-refractivity contribution in [2.75, 3.05) is 32.7 Å². The fourth-order valence-corrected chi connectivity index (χ4v) is 3.23. The molecule has 25 heavy (non-hydrogen) atoms. The molecule has 0 unspecified atom stereocenters. The van der Waals surface area contributed by atoms with Crippen LogP contribution in [0.25, 0.3) is 11.0 Å². The van der Waals surface area contributed by atoms with Crippen molar-refractivity contribution in [2.45, 2.75) is 6.54 Å². The Bertz CT molecular complexity index is 825. The zero-order valence-electron chi connectivity index (χ0n) is 13.9. The minimum absolute atomic E-state index is 0.311. The number of nitrogens with zero attached hydrogens (tertiary/aromatic N) is 3. The Hall–Kier alpha value is -2.67. The Balaban J connectivity index is 1.50. The number of benzene rings is 1. The molecule has 0 saturated carbocycles. The number of aromatic nitrogens is 2. The van der Waals surface area contributed by atoms with Crippen LogP contribution in [0.15, 0.2) is 48.2 Å². The third-order valence-electron chi connectivity index (χ3n) is 4.46. The van der Waals surface area contributed by atoms with E-state index in [1.165, 1.54) is 18.0 Å². The number of rotatable bonds is 4. The van der Waals surface area contributed by atoms with Crippen LogP contribution in [-0.2, 0) is 6.54 Å². The van der Waals surface area contributed by atoms with Crippen molar-refractivity contribution in [1.29, 1.82) is 0 Å². The van der Waals surface area contributed by atoms with Gasteiger partial charge in [-0.3, -0.25) is 4.98 Å². The second-order valence-electron chi connectivity index (χ2n) is 6.15. The molecule has 1 aromatic carbocycles. The van der Waals surface area contributed by atoms with E-state index in [9.17, 15) is 4.39 Å². The maximum Gasteiger partial charge on any atom is 0.151 e. The van der Waals surface area contributed by atoms with Gasteiger partial charge in [0.1, 0.15) is 5.52 Å². The lowest BCUT2D eigenvalue weighted by atomic mass is 10.1. The Labute approximate surface area is 145 Å². The van der Waals surface area contributed by atoms with E-state index in [0.717, 1.165) is 44.0 Å². The fourth-order valence-electron chi connectivity index (χ4n) is 3.23. The quantitative estimate of drug-likeness (QED) is 0.774. The summed E-state index contributed by atoms with van der Waals surface area (Å²) in [4.78, 5) is 10.6. The van der Waals surface area contributed by atoms with Crippen LogP contribution >= 0.6 is 0 Å². The first-order chi connectivity index (χ1) is 12.3. The normalized spacial score (nSPS) is 17.7. The van der Waals surface area contributed by atoms with E-state index in [-0.39, 0.29) is 5.82 Å². The van der Waals surface area contributed by atoms with Gasteiger partial charge in [-0.2, -0.15) is 0 Å². The van der Waals surface area contributed by atoms with Gasteiger partial charge < -0.3 is 20.9 Å². The Kier molecular flexibility index (Phi) is 4.47. The fraction of sp³-hybridized carbons (Fsp3) is 0.333. The molecule has 0 bridgehead atoms. The highest BCUT2D eigenvalue weighted by molar-refractivity contribution is 5.75. The minimum atomic E-state index is -0.337. The van der Waals surface area contributed by atoms with Crippen molar-refractivity contribution < 1.29 is 4.39 Å². The molecule has 1 aromatic heterocycles. The van der Waals surface area contributed by atoms with Gasteiger partial charge in [-0.25, -0.2) is 9.37 Å². The summed E-state index contributed by atoms with van der Waals surface area (Å²) in [5.74, 6) is -0.337. The summed E-state index contributed by atoms with van der Waals surface area (Å²) in [7, 11) is 0. The molecule has 0 aliphatic carbocycles. The van der Waals surface area contributed by atoms with Crippen LogP contribution in [0.3, 0.4) is 0 Å². The summed E-state index contributed by atoms with van der Waals surface area (Å²) in [5, 5.41) is 10.0. The molecule has 6 nitrogen and oxygen atoms in total. The molecule has 2 aromatic rings. The molecule has 1 fully saturated rings. The predicted molar refractivity (Wildman–Crippen MR) is 94.9 cm³/mol. The second-order valence-corrected chi connectivity index (χ2v) is 6.15. The molecule has 2 aliphatic rings. The average Bonchev–Trinajstić information content (AvgIpc) is 2.67. The molecular formula is C18H21FN6. The predicted octanol–water partition coefficient (Wildman–Crippen LogP) is 1.09. The number of halogens is 1. The van der Waals surface area contributed by atoms with E-state index >= 15 is 0 Å². The van der Waals surface area contributed by atoms with Crippen LogP contribution in [0, 0.1) is 5.82 Å². The Morgan fingerprint density at radius 2 is 2.00 bits per heavy atom. The summed E-state index contributed by atoms with van der Waals surface area (Å²) in [6, 6.07) is 3.40. The van der Waals surface area contributed by atoms with Gasteiger partial charge in [0, 0.05) is 57.9 Å². The number of hydrogen-bond acceptors (Lipinski definition) is 6. The molecule has 0 atom stereocenters. The van der Waals surface area contributed by atoms with Crippen molar-refractivity contribution in [3.8, 4) is 0 Å². The van der Waals surface area contributed by atoms with Gasteiger partial charge in [-0.05, 0) is 23.8 Å². The van der Waals surface area contributed by atoms with Crippen molar-refractivity contribution in [3.63, 3.8) is 0 Å². The van der Waals surface area contributed by atoms with Crippen LogP contribution in [0.1, 0.15) is 5.56 Å². The summed E-state index contributed by atoms with van der Waals surface area (Å²) in [5.41, 5.74) is 3.98. The maximum atomic E-state index is 14.2. The third kappa shape index (κ3) is 3.41. The largest absolute Gasteiger partial charge is 0.386 e. The number of fused-ring (bicyclic) bond motifs is 1. The zero-order chi connectivity index (χ0) is 17.1. The van der Waals surface area contributed by atoms with Gasteiger partial charge in [0.05, 0.1) is 16.9 Å². The molecule has 0 spiro atoms. The molecule has 3 N–H and O–H groups in total. The van der Waals surface area contributed by atoms with Crippen LogP contribution in [0.4, 0.5) is 4.39 Å². The van der Waals surface area contributed by atoms with Crippen molar-refractivity contribution in [1.82, 2.24) is 30.8 Å². The number of dihydropyridines is 1. The summed E-state index contributed by atoms with van der Waals surface area (Å²) >= 11 is 0. The first-order valence-corrected chi connectivity index (χ1v) is 8.54. The van der Waals surface area contributed by atoms with E-state index in [2.05, 4.69) is 36.9 Å². The molecule has 4 rings (SSSR count). The first-order valence-electron chi connectivity index (χ1n) is 8.54. The monoisotopic (exact) mass is 340 g/mol. The van der Waals surface area contributed by atoms with Crippen LogP contribution < -0.4 is 16.0 Å². The lowest BCUT2D eigenvalue weighted by Gasteiger charge is -2.34. The molecule has 0 amide bonds. The van der Waals surface area contributed by atoms with Crippen LogP contribution in [0.5, 0.6) is 0 Å². The second kappa shape index (κ2) is 7.06. The Morgan fingerprint density at radius 1 is 1.16 bits per heavy atom. The first kappa shape index (κ1) is 15.8. The molecule has 0 radical (unpaired) electrons. The van der Waals surface area contributed by atoms with Gasteiger partial charge in [0.15, 0.2) is 5.82 Å². The highest BCUT2D eigenvalue weighted by Crippen LogP contribution is 2.19. The van der Waals surface area contributed by atoms with Gasteiger partial charge in [0.2, 0.25) is 0 Å². The highest BCUT2D eigenvalue weighted by atomic mass is 19.1. The molecule has 130 valence electrons. The van der Waals surface area contributed by atoms with Crippen LogP contribution in [-0.4, -0.2) is 47.6 Å². The van der Waals surface area contributed by atoms with Crippen molar-refractivity contribution >= 4 is 11.0 Å². The van der Waals surface area contributed by atoms with E-state index in [1.54, 1.807) is 6.20 Å². The third-order valence-corrected chi connectivity index (χ3v) is 4.46. The average molecular weight is 340 g/mol. The van der Waals surface area contributed by atoms with E-state index in [4.69, 9.17) is 0 Å². The van der Waals surface area contributed by atoms with Gasteiger partial charge in [-0.1, -0.05) is 0 Å². The number of piperazine rings is 1. The molecular weight excluding hydrogens is 319 g/mol. The minimum Gasteiger partial charge on any atom is -0.386 e. The van der Waals surface area contributed by atoms with E-state index in [0.29, 0.717) is 17.6 Å². The number of hydrogen-bond donors (Lipinski definition) is 3. The highest BCUT2D eigenvalue weighted by Gasteiger charge is 2.18. The zero-order valence-corrected chi connectivity index (χ0v) is 13.9. The van der Waals surface area contributed by atoms with Crippen LogP contribution in [0.2, 0.25) is 0 Å². The summed E-state index contributed by atoms with van der Waals surface area (Å²) in [6.45, 7) is 5.32. The van der Waals surface area contributed by atoms with E-state index in [1.807, 2.05) is 12.3 Å². The lowest BCUT2D eigenvalue weighted by molar-refractivity contribution is 0.298. The van der Waals surface area contributed by atoms with E-state index < -0.39 is 0 Å². The van der Waals surface area contributed by atoms with Crippen molar-refractivity contribution in [2.24, 2.45) is 0 Å². The summed E-state index contributed by atoms with van der Waals surface area (Å²) in [6.07, 6.45) is 7.28. The lowest BCUT2D eigenvalue weighted by Crippen LogP contribution is -2.45. The molecule has 7 heteroatoms. The molecule has 3 heterocycles. The molecule has 2 aliphatic heterocycles. The Morgan fingerprint density at radius 3 is 2.88 bits per heavy atom. The smallest absolute Gasteiger partial charge is 0.151 e. The van der Waals surface area contributed by atoms with Gasteiger partial charge >= 0.3 is 0 Å². The van der Waals surface area contributed by atoms with Gasteiger partial charge in [-0.15, -0.1) is 0 Å². The standard InChI is InChI=1S/C18H21FN6/c19-14-9-13(10-15-18(14)23-4-3-22-15)11-24-16-12-21-2-1-17(16)25-7-5-20-6-8-25/h1,3-4,9-10,12,20-21,24H,2,5-8,11H2. The topological polar surface area (TPSA) is 65.1 Å². The SMILES string of the molecule is Fc1cc(CNC2=CNCC=C2N2CCNCC2)cc2nccnc12.